The van der Waals surface area contributed by atoms with E-state index in [9.17, 15) is 4.79 Å². The van der Waals surface area contributed by atoms with E-state index in [1.165, 1.54) is 19.5 Å². The number of aliphatic imine (C=N–C) groups is 1. The normalized spacial score (nSPS) is 14.5. The first-order chi connectivity index (χ1) is 8.70. The molecule has 7 nitrogen and oxygen atoms in total. The van der Waals surface area contributed by atoms with Gasteiger partial charge in [0.2, 0.25) is 5.90 Å². The lowest BCUT2D eigenvalue weighted by Crippen LogP contribution is -2.18. The number of carboxylic acids is 1. The maximum absolute atomic E-state index is 10.8. The number of aromatic carboxylic acids is 1. The van der Waals surface area contributed by atoms with Crippen molar-refractivity contribution in [2.45, 2.75) is 6.42 Å². The largest absolute Gasteiger partial charge is 0.480 e. The van der Waals surface area contributed by atoms with Crippen LogP contribution in [0.5, 0.6) is 0 Å². The predicted molar refractivity (Wildman–Crippen MR) is 64.6 cm³/mol. The van der Waals surface area contributed by atoms with Crippen molar-refractivity contribution in [1.82, 2.24) is 9.97 Å². The van der Waals surface area contributed by atoms with Crippen molar-refractivity contribution in [3.63, 3.8) is 0 Å². The fourth-order valence-electron chi connectivity index (χ4n) is 1.51. The molecule has 0 atom stereocenters. The maximum Gasteiger partial charge on any atom is 0.354 e. The molecule has 0 radical (unpaired) electrons. The first-order valence-electron chi connectivity index (χ1n) is 5.32. The van der Waals surface area contributed by atoms with Gasteiger partial charge in [-0.15, -0.1) is 0 Å². The van der Waals surface area contributed by atoms with Crippen LogP contribution in [0.2, 0.25) is 0 Å². The second-order valence-electron chi connectivity index (χ2n) is 3.52. The van der Waals surface area contributed by atoms with Gasteiger partial charge >= 0.3 is 5.97 Å². The van der Waals surface area contributed by atoms with Crippen LogP contribution in [-0.4, -0.2) is 40.6 Å². The van der Waals surface area contributed by atoms with E-state index in [1.54, 1.807) is 0 Å². The highest BCUT2D eigenvalue weighted by Gasteiger charge is 2.13. The van der Waals surface area contributed by atoms with Gasteiger partial charge in [-0.25, -0.2) is 19.8 Å². The van der Waals surface area contributed by atoms with Crippen LogP contribution in [-0.2, 0) is 4.74 Å². The number of nitrogens with one attached hydrogen (secondary N) is 1. The monoisotopic (exact) mass is 248 g/mol. The summed E-state index contributed by atoms with van der Waals surface area (Å²) in [5, 5.41) is 11.8. The van der Waals surface area contributed by atoms with E-state index in [0.29, 0.717) is 24.0 Å². The summed E-state index contributed by atoms with van der Waals surface area (Å²) in [4.78, 5) is 22.6. The van der Waals surface area contributed by atoms with Gasteiger partial charge in [0, 0.05) is 12.6 Å². The quantitative estimate of drug-likeness (QED) is 0.825. The third kappa shape index (κ3) is 2.62. The molecule has 2 rings (SSSR count). The molecule has 0 aromatic carbocycles. The number of nitrogens with zero attached hydrogens (tertiary/aromatic N) is 3. The molecule has 1 aromatic heterocycles. The Kier molecular flexibility index (Phi) is 3.52. The standard InChI is InChI=1S/C11H12N4O3/c1-18-10-7(3-2-4-12-10)15-9-5-8(11(16)17)13-6-14-9/h3,5-6H,2,4H2,1H3,(H,16,17)(H,13,14,15). The van der Waals surface area contributed by atoms with Crippen LogP contribution in [0.4, 0.5) is 5.82 Å². The molecule has 0 amide bonds. The van der Waals surface area contributed by atoms with Gasteiger partial charge in [-0.05, 0) is 6.42 Å². The third-order valence-corrected chi connectivity index (χ3v) is 2.31. The SMILES string of the molecule is COC1=NCCC=C1Nc1cc(C(=O)O)ncn1. The van der Waals surface area contributed by atoms with Crippen molar-refractivity contribution >= 4 is 17.7 Å². The minimum Gasteiger partial charge on any atom is -0.480 e. The Morgan fingerprint density at radius 2 is 2.33 bits per heavy atom. The Labute approximate surface area is 103 Å². The average molecular weight is 248 g/mol. The number of carboxylic acid groups (broad SMARTS) is 1. The molecule has 1 aliphatic heterocycles. The van der Waals surface area contributed by atoms with Gasteiger partial charge in [0.15, 0.2) is 5.69 Å². The van der Waals surface area contributed by atoms with Crippen molar-refractivity contribution in [1.29, 1.82) is 0 Å². The minimum absolute atomic E-state index is 0.0696. The third-order valence-electron chi connectivity index (χ3n) is 2.31. The lowest BCUT2D eigenvalue weighted by molar-refractivity contribution is 0.0690. The number of hydrogen-bond acceptors (Lipinski definition) is 6. The van der Waals surface area contributed by atoms with E-state index >= 15 is 0 Å². The number of hydrogen-bond donors (Lipinski definition) is 2. The van der Waals surface area contributed by atoms with E-state index in [0.717, 1.165) is 6.42 Å². The molecule has 0 spiro atoms. The zero-order chi connectivity index (χ0) is 13.0. The van der Waals surface area contributed by atoms with Gasteiger partial charge in [-0.2, -0.15) is 0 Å². The molecule has 18 heavy (non-hydrogen) atoms. The molecular weight excluding hydrogens is 236 g/mol. The number of methoxy groups -OCH3 is 1. The van der Waals surface area contributed by atoms with Crippen LogP contribution in [0.1, 0.15) is 16.9 Å². The van der Waals surface area contributed by atoms with Crippen LogP contribution >= 0.6 is 0 Å². The number of rotatable bonds is 3. The Morgan fingerprint density at radius 1 is 1.50 bits per heavy atom. The second kappa shape index (κ2) is 5.26. The van der Waals surface area contributed by atoms with Crippen LogP contribution in [0.3, 0.4) is 0 Å². The smallest absolute Gasteiger partial charge is 0.354 e. The average Bonchev–Trinajstić information content (AvgIpc) is 2.39. The minimum atomic E-state index is -1.10. The van der Waals surface area contributed by atoms with Gasteiger partial charge in [-0.1, -0.05) is 6.08 Å². The summed E-state index contributed by atoms with van der Waals surface area (Å²) >= 11 is 0. The molecule has 1 aromatic rings. The molecule has 2 N–H and O–H groups in total. The molecule has 0 bridgehead atoms. The van der Waals surface area contributed by atoms with Crippen molar-refractivity contribution in [3.05, 3.63) is 29.9 Å². The van der Waals surface area contributed by atoms with Gasteiger partial charge in [0.1, 0.15) is 12.1 Å². The summed E-state index contributed by atoms with van der Waals surface area (Å²) in [6, 6.07) is 1.35. The summed E-state index contributed by atoms with van der Waals surface area (Å²) in [5.74, 6) is -0.226. The first-order valence-corrected chi connectivity index (χ1v) is 5.32. The van der Waals surface area contributed by atoms with Crippen LogP contribution in [0.25, 0.3) is 0 Å². The lowest BCUT2D eigenvalue weighted by Gasteiger charge is -2.15. The summed E-state index contributed by atoms with van der Waals surface area (Å²) < 4.78 is 5.11. The summed E-state index contributed by atoms with van der Waals surface area (Å²) in [5.41, 5.74) is 0.610. The number of dihydropyridines is 1. The Balaban J connectivity index is 2.19. The summed E-state index contributed by atoms with van der Waals surface area (Å²) in [6.45, 7) is 0.679. The molecule has 0 fully saturated rings. The van der Waals surface area contributed by atoms with Gasteiger partial charge in [0.25, 0.3) is 0 Å². The van der Waals surface area contributed by atoms with E-state index < -0.39 is 5.97 Å². The molecule has 2 heterocycles. The lowest BCUT2D eigenvalue weighted by atomic mass is 10.2. The zero-order valence-electron chi connectivity index (χ0n) is 9.75. The van der Waals surface area contributed by atoms with Crippen molar-refractivity contribution in [2.24, 2.45) is 4.99 Å². The number of anilines is 1. The Bertz CT molecular complexity index is 525. The molecule has 94 valence electrons. The van der Waals surface area contributed by atoms with Crippen molar-refractivity contribution in [2.75, 3.05) is 19.0 Å². The van der Waals surface area contributed by atoms with Crippen molar-refractivity contribution < 1.29 is 14.6 Å². The maximum atomic E-state index is 10.8. The topological polar surface area (TPSA) is 96.7 Å². The molecule has 0 aliphatic carbocycles. The highest BCUT2D eigenvalue weighted by molar-refractivity contribution is 5.97. The summed E-state index contributed by atoms with van der Waals surface area (Å²) in [6.07, 6.45) is 3.92. The van der Waals surface area contributed by atoms with Crippen LogP contribution in [0.15, 0.2) is 29.2 Å². The Hall–Kier alpha value is -2.44. The van der Waals surface area contributed by atoms with Gasteiger partial charge in [-0.3, -0.25) is 0 Å². The molecule has 0 unspecified atom stereocenters. The Morgan fingerprint density at radius 3 is 3.06 bits per heavy atom. The van der Waals surface area contributed by atoms with E-state index in [2.05, 4.69) is 20.3 Å². The number of aromatic nitrogens is 2. The van der Waals surface area contributed by atoms with E-state index in [-0.39, 0.29) is 5.69 Å². The predicted octanol–water partition coefficient (Wildman–Crippen LogP) is 0.919. The van der Waals surface area contributed by atoms with Crippen LogP contribution in [0, 0.1) is 0 Å². The fourth-order valence-corrected chi connectivity index (χ4v) is 1.51. The van der Waals surface area contributed by atoms with E-state index in [4.69, 9.17) is 9.84 Å². The van der Waals surface area contributed by atoms with Gasteiger partial charge < -0.3 is 15.2 Å². The molecule has 0 saturated carbocycles. The molecule has 7 heteroatoms. The highest BCUT2D eigenvalue weighted by atomic mass is 16.5. The zero-order valence-corrected chi connectivity index (χ0v) is 9.75. The highest BCUT2D eigenvalue weighted by Crippen LogP contribution is 2.12. The fraction of sp³-hybridized carbons (Fsp3) is 0.273. The molecule has 1 aliphatic rings. The summed E-state index contributed by atoms with van der Waals surface area (Å²) in [7, 11) is 1.53. The number of ether oxygens (including phenoxy) is 1. The molecule has 0 saturated heterocycles. The first kappa shape index (κ1) is 12.0. The van der Waals surface area contributed by atoms with Crippen LogP contribution < -0.4 is 5.32 Å². The van der Waals surface area contributed by atoms with Crippen molar-refractivity contribution in [3.8, 4) is 0 Å². The number of carbonyl (C=O) groups is 1. The van der Waals surface area contributed by atoms with E-state index in [1.807, 2.05) is 6.08 Å². The molecular formula is C11H12N4O3. The second-order valence-corrected chi connectivity index (χ2v) is 3.52. The van der Waals surface area contributed by atoms with Gasteiger partial charge in [0.05, 0.1) is 12.8 Å².